The maximum Gasteiger partial charge on any atom is 0.231 e. The number of pyridine rings is 1. The van der Waals surface area contributed by atoms with Crippen molar-refractivity contribution in [3.05, 3.63) is 102 Å². The average molecular weight is 436 g/mol. The Bertz CT molecular complexity index is 1250. The Kier molecular flexibility index (Phi) is 4.83. The van der Waals surface area contributed by atoms with Crippen LogP contribution in [0, 0.1) is 5.92 Å². The summed E-state index contributed by atoms with van der Waals surface area (Å²) in [6.07, 6.45) is 6.47. The van der Waals surface area contributed by atoms with E-state index < -0.39 is 6.04 Å². The lowest BCUT2D eigenvalue weighted by molar-refractivity contribution is -0.120. The normalized spacial score (nSPS) is 22.2. The Hall–Kier alpha value is -3.73. The first-order chi connectivity index (χ1) is 16.2. The second kappa shape index (κ2) is 8.00. The number of hydrogen-bond acceptors (Lipinski definition) is 4. The van der Waals surface area contributed by atoms with E-state index in [9.17, 15) is 9.59 Å². The molecule has 5 nitrogen and oxygen atoms in total. The Morgan fingerprint density at radius 2 is 1.67 bits per heavy atom. The van der Waals surface area contributed by atoms with Crippen molar-refractivity contribution < 1.29 is 9.59 Å². The molecule has 0 saturated heterocycles. The number of nitrogens with one attached hydrogen (secondary N) is 1. The molecule has 33 heavy (non-hydrogen) atoms. The summed E-state index contributed by atoms with van der Waals surface area (Å²) in [5.74, 6) is 0.310. The van der Waals surface area contributed by atoms with Crippen LogP contribution >= 0.6 is 0 Å². The molecule has 1 N–H and O–H groups in total. The number of amides is 1. The SMILES string of the molecule is O=C1C[C@@H](c2ccccc2)CC2=C1[C@@H](c1cccnc1)N(C(=O)C1CC1)c1ccccc1N2. The topological polar surface area (TPSA) is 62.3 Å². The molecule has 0 bridgehead atoms. The highest BCUT2D eigenvalue weighted by atomic mass is 16.2. The molecule has 1 aromatic heterocycles. The summed E-state index contributed by atoms with van der Waals surface area (Å²) in [6, 6.07) is 21.5. The number of hydrogen-bond donors (Lipinski definition) is 1. The Labute approximate surface area is 193 Å². The van der Waals surface area contributed by atoms with Crippen molar-refractivity contribution in [3.8, 4) is 0 Å². The molecule has 164 valence electrons. The van der Waals surface area contributed by atoms with E-state index in [1.54, 1.807) is 12.4 Å². The predicted molar refractivity (Wildman–Crippen MR) is 128 cm³/mol. The molecule has 6 rings (SSSR count). The van der Waals surface area contributed by atoms with Crippen molar-refractivity contribution in [2.75, 3.05) is 10.2 Å². The van der Waals surface area contributed by atoms with E-state index in [1.165, 1.54) is 5.56 Å². The lowest BCUT2D eigenvalue weighted by atomic mass is 9.78. The van der Waals surface area contributed by atoms with Crippen LogP contribution < -0.4 is 10.2 Å². The van der Waals surface area contributed by atoms with E-state index in [2.05, 4.69) is 22.4 Å². The quantitative estimate of drug-likeness (QED) is 0.599. The number of fused-ring (bicyclic) bond motifs is 1. The van der Waals surface area contributed by atoms with E-state index in [0.717, 1.165) is 41.9 Å². The van der Waals surface area contributed by atoms with Crippen molar-refractivity contribution in [2.24, 2.45) is 5.92 Å². The van der Waals surface area contributed by atoms with Crippen LogP contribution in [0.2, 0.25) is 0 Å². The molecule has 1 fully saturated rings. The van der Waals surface area contributed by atoms with Gasteiger partial charge in [0.05, 0.1) is 17.4 Å². The van der Waals surface area contributed by atoms with Crippen LogP contribution in [0.4, 0.5) is 11.4 Å². The van der Waals surface area contributed by atoms with E-state index in [-0.39, 0.29) is 23.5 Å². The van der Waals surface area contributed by atoms with Gasteiger partial charge in [-0.3, -0.25) is 19.5 Å². The van der Waals surface area contributed by atoms with Crippen molar-refractivity contribution in [2.45, 2.75) is 37.6 Å². The van der Waals surface area contributed by atoms with Crippen molar-refractivity contribution in [1.82, 2.24) is 4.98 Å². The third kappa shape index (κ3) is 3.54. The number of anilines is 2. The van der Waals surface area contributed by atoms with Gasteiger partial charge in [-0.15, -0.1) is 0 Å². The number of benzene rings is 2. The monoisotopic (exact) mass is 435 g/mol. The third-order valence-corrected chi connectivity index (χ3v) is 6.92. The van der Waals surface area contributed by atoms with Crippen molar-refractivity contribution >= 4 is 23.1 Å². The van der Waals surface area contributed by atoms with Gasteiger partial charge in [0.1, 0.15) is 0 Å². The lowest BCUT2D eigenvalue weighted by Gasteiger charge is -2.35. The minimum atomic E-state index is -0.484. The molecule has 1 amide bonds. The minimum absolute atomic E-state index is 0.0233. The van der Waals surface area contributed by atoms with Gasteiger partial charge >= 0.3 is 0 Å². The van der Waals surface area contributed by atoms with Gasteiger partial charge < -0.3 is 5.32 Å². The molecule has 0 radical (unpaired) electrons. The summed E-state index contributed by atoms with van der Waals surface area (Å²) in [5.41, 5.74) is 5.33. The molecule has 0 unspecified atom stereocenters. The molecule has 3 aromatic rings. The smallest absolute Gasteiger partial charge is 0.231 e. The fourth-order valence-electron chi connectivity index (χ4n) is 5.17. The number of carbonyl (C=O) groups excluding carboxylic acids is 2. The number of Topliss-reactive ketones (excluding diaryl/α,β-unsaturated/α-hetero) is 1. The van der Waals surface area contributed by atoms with E-state index >= 15 is 0 Å². The predicted octanol–water partition coefficient (Wildman–Crippen LogP) is 5.39. The summed E-state index contributed by atoms with van der Waals surface area (Å²) in [6.45, 7) is 0. The van der Waals surface area contributed by atoms with Gasteiger partial charge in [0.15, 0.2) is 5.78 Å². The maximum absolute atomic E-state index is 13.8. The molecular weight excluding hydrogens is 410 g/mol. The van der Waals surface area contributed by atoms with Crippen molar-refractivity contribution in [3.63, 3.8) is 0 Å². The largest absolute Gasteiger partial charge is 0.357 e. The second-order valence-electron chi connectivity index (χ2n) is 9.14. The minimum Gasteiger partial charge on any atom is -0.357 e. The maximum atomic E-state index is 13.8. The number of rotatable bonds is 3. The number of aromatic nitrogens is 1. The lowest BCUT2D eigenvalue weighted by Crippen LogP contribution is -2.39. The first kappa shape index (κ1) is 19.9. The third-order valence-electron chi connectivity index (χ3n) is 6.92. The zero-order chi connectivity index (χ0) is 22.4. The fourth-order valence-corrected chi connectivity index (χ4v) is 5.17. The average Bonchev–Trinajstić information content (AvgIpc) is 3.71. The number of nitrogens with zero attached hydrogens (tertiary/aromatic N) is 2. The Morgan fingerprint density at radius 3 is 2.42 bits per heavy atom. The molecule has 0 spiro atoms. The van der Waals surface area contributed by atoms with Crippen LogP contribution in [0.5, 0.6) is 0 Å². The summed E-state index contributed by atoms with van der Waals surface area (Å²) >= 11 is 0. The molecule has 2 aliphatic carbocycles. The molecule has 2 atom stereocenters. The van der Waals surface area contributed by atoms with Gasteiger partial charge in [-0.1, -0.05) is 48.5 Å². The highest BCUT2D eigenvalue weighted by Gasteiger charge is 2.45. The van der Waals surface area contributed by atoms with Gasteiger partial charge in [-0.05, 0) is 54.5 Å². The molecule has 1 aliphatic heterocycles. The fraction of sp³-hybridized carbons (Fsp3) is 0.250. The summed E-state index contributed by atoms with van der Waals surface area (Å²) in [7, 11) is 0. The molecule has 2 aromatic carbocycles. The van der Waals surface area contributed by atoms with Gasteiger partial charge in [0.25, 0.3) is 0 Å². The summed E-state index contributed by atoms with van der Waals surface area (Å²) < 4.78 is 0. The number of carbonyl (C=O) groups is 2. The Balaban J connectivity index is 1.54. The highest BCUT2D eigenvalue weighted by molar-refractivity contribution is 6.07. The van der Waals surface area contributed by atoms with Crippen LogP contribution in [0.3, 0.4) is 0 Å². The molecule has 2 heterocycles. The van der Waals surface area contributed by atoms with Crippen molar-refractivity contribution in [1.29, 1.82) is 0 Å². The zero-order valence-corrected chi connectivity index (χ0v) is 18.3. The van der Waals surface area contributed by atoms with Crippen LogP contribution in [0.1, 0.15) is 48.8 Å². The van der Waals surface area contributed by atoms with Crippen LogP contribution in [-0.2, 0) is 9.59 Å². The number of para-hydroxylation sites is 2. The molecule has 1 saturated carbocycles. The first-order valence-electron chi connectivity index (χ1n) is 11.6. The number of allylic oxidation sites excluding steroid dienone is 1. The van der Waals surface area contributed by atoms with Gasteiger partial charge in [0, 0.05) is 36.0 Å². The van der Waals surface area contributed by atoms with E-state index in [1.807, 2.05) is 59.5 Å². The molecular formula is C28H25N3O2. The van der Waals surface area contributed by atoms with Crippen LogP contribution in [0.25, 0.3) is 0 Å². The summed E-state index contributed by atoms with van der Waals surface area (Å²) in [5, 5.41) is 3.58. The van der Waals surface area contributed by atoms with E-state index in [4.69, 9.17) is 0 Å². The zero-order valence-electron chi connectivity index (χ0n) is 18.3. The first-order valence-corrected chi connectivity index (χ1v) is 11.6. The Morgan fingerprint density at radius 1 is 0.909 bits per heavy atom. The number of ketones is 1. The molecule has 5 heteroatoms. The van der Waals surface area contributed by atoms with E-state index in [0.29, 0.717) is 12.0 Å². The van der Waals surface area contributed by atoms with Crippen LogP contribution in [0.15, 0.2) is 90.4 Å². The van der Waals surface area contributed by atoms with Gasteiger partial charge in [-0.2, -0.15) is 0 Å². The molecule has 3 aliphatic rings. The van der Waals surface area contributed by atoms with Crippen LogP contribution in [-0.4, -0.2) is 16.7 Å². The highest BCUT2D eigenvalue weighted by Crippen LogP contribution is 2.49. The van der Waals surface area contributed by atoms with Gasteiger partial charge in [0.2, 0.25) is 5.91 Å². The standard InChI is InChI=1S/C28H25N3O2/c32-25-16-21(18-7-2-1-3-8-18)15-23-26(25)27(20-9-6-14-29-17-20)31(28(33)19-12-13-19)24-11-5-4-10-22(24)30-23/h1-11,14,17,19,21,27,30H,12-13,15-16H2/t21-,27+/m0/s1. The summed E-state index contributed by atoms with van der Waals surface area (Å²) in [4.78, 5) is 33.7. The van der Waals surface area contributed by atoms with Gasteiger partial charge in [-0.25, -0.2) is 0 Å². The second-order valence-corrected chi connectivity index (χ2v) is 9.14.